The number of nitrogens with one attached hydrogen (secondary N) is 1. The summed E-state index contributed by atoms with van der Waals surface area (Å²) in [4.78, 5) is 22.9. The van der Waals surface area contributed by atoms with E-state index in [-0.39, 0.29) is 12.5 Å². The van der Waals surface area contributed by atoms with E-state index < -0.39 is 5.54 Å². The van der Waals surface area contributed by atoms with E-state index in [1.165, 1.54) is 0 Å². The van der Waals surface area contributed by atoms with Crippen molar-refractivity contribution in [3.63, 3.8) is 0 Å². The van der Waals surface area contributed by atoms with Gasteiger partial charge in [0.1, 0.15) is 11.3 Å². The molecule has 0 heterocycles. The molecule has 0 unspecified atom stereocenters. The van der Waals surface area contributed by atoms with Crippen molar-refractivity contribution in [3.05, 3.63) is 28.2 Å². The van der Waals surface area contributed by atoms with E-state index in [9.17, 15) is 14.9 Å². The summed E-state index contributed by atoms with van der Waals surface area (Å²) >= 11 is 3.26. The summed E-state index contributed by atoms with van der Waals surface area (Å²) in [5, 5.41) is 11.9. The van der Waals surface area contributed by atoms with Crippen molar-refractivity contribution in [1.29, 1.82) is 5.26 Å². The molecule has 110 valence electrons. The van der Waals surface area contributed by atoms with Gasteiger partial charge >= 0.3 is 0 Å². The SMILES string of the molecule is N#CC1(NC(=O)COc2ccc(Br)cc2C=O)CCCC1. The molecule has 1 saturated carbocycles. The molecule has 0 bridgehead atoms. The predicted molar refractivity (Wildman–Crippen MR) is 80.0 cm³/mol. The van der Waals surface area contributed by atoms with Crippen LogP contribution in [0.15, 0.2) is 22.7 Å². The van der Waals surface area contributed by atoms with Crippen LogP contribution in [0, 0.1) is 11.3 Å². The molecule has 5 nitrogen and oxygen atoms in total. The number of carbonyl (C=O) groups is 2. The third-order valence-electron chi connectivity index (χ3n) is 3.51. The van der Waals surface area contributed by atoms with E-state index in [0.29, 0.717) is 30.4 Å². The van der Waals surface area contributed by atoms with Crippen LogP contribution in [0.3, 0.4) is 0 Å². The fraction of sp³-hybridized carbons (Fsp3) is 0.400. The second-order valence-electron chi connectivity index (χ2n) is 5.04. The number of carbonyl (C=O) groups excluding carboxylic acids is 2. The molecule has 1 N–H and O–H groups in total. The van der Waals surface area contributed by atoms with Gasteiger partial charge in [0.25, 0.3) is 5.91 Å². The van der Waals surface area contributed by atoms with Gasteiger partial charge in [-0.15, -0.1) is 0 Å². The Bertz CT molecular complexity index is 589. The van der Waals surface area contributed by atoms with Crippen LogP contribution in [0.1, 0.15) is 36.0 Å². The van der Waals surface area contributed by atoms with Gasteiger partial charge in [0.2, 0.25) is 0 Å². The van der Waals surface area contributed by atoms with Crippen molar-refractivity contribution in [3.8, 4) is 11.8 Å². The molecule has 0 aromatic heterocycles. The lowest BCUT2D eigenvalue weighted by molar-refractivity contribution is -0.124. The zero-order chi connectivity index (χ0) is 15.3. The third kappa shape index (κ3) is 3.82. The van der Waals surface area contributed by atoms with E-state index in [2.05, 4.69) is 27.3 Å². The standard InChI is InChI=1S/C15H15BrN2O3/c16-12-3-4-13(11(7-12)8-19)21-9-14(20)18-15(10-17)5-1-2-6-15/h3-4,7-8H,1-2,5-6,9H2,(H,18,20). The lowest BCUT2D eigenvalue weighted by Gasteiger charge is -2.22. The Morgan fingerprint density at radius 2 is 2.19 bits per heavy atom. The Hall–Kier alpha value is -1.87. The molecule has 6 heteroatoms. The Balaban J connectivity index is 1.95. The van der Waals surface area contributed by atoms with Gasteiger partial charge in [0.15, 0.2) is 12.9 Å². The van der Waals surface area contributed by atoms with Gasteiger partial charge < -0.3 is 10.1 Å². The summed E-state index contributed by atoms with van der Waals surface area (Å²) in [6.07, 6.45) is 3.90. The minimum absolute atomic E-state index is 0.216. The Morgan fingerprint density at radius 3 is 2.81 bits per heavy atom. The number of rotatable bonds is 5. The summed E-state index contributed by atoms with van der Waals surface area (Å²) in [5.41, 5.74) is -0.388. The number of nitrogens with zero attached hydrogens (tertiary/aromatic N) is 1. The molecular weight excluding hydrogens is 336 g/mol. The maximum atomic E-state index is 11.9. The topological polar surface area (TPSA) is 79.2 Å². The lowest BCUT2D eigenvalue weighted by atomic mass is 10.00. The van der Waals surface area contributed by atoms with Gasteiger partial charge in [-0.05, 0) is 43.9 Å². The Morgan fingerprint density at radius 1 is 1.48 bits per heavy atom. The minimum atomic E-state index is -0.756. The summed E-state index contributed by atoms with van der Waals surface area (Å²) in [6, 6.07) is 7.16. The smallest absolute Gasteiger partial charge is 0.259 e. The number of amides is 1. The van der Waals surface area contributed by atoms with Crippen LogP contribution in [0.2, 0.25) is 0 Å². The molecule has 0 aliphatic heterocycles. The molecular formula is C15H15BrN2O3. The first-order valence-electron chi connectivity index (χ1n) is 6.68. The molecule has 1 amide bonds. The zero-order valence-electron chi connectivity index (χ0n) is 11.4. The van der Waals surface area contributed by atoms with Gasteiger partial charge in [-0.3, -0.25) is 9.59 Å². The monoisotopic (exact) mass is 350 g/mol. The number of halogens is 1. The fourth-order valence-electron chi connectivity index (χ4n) is 2.43. The van der Waals surface area contributed by atoms with Crippen molar-refractivity contribution in [1.82, 2.24) is 5.32 Å². The highest BCUT2D eigenvalue weighted by Crippen LogP contribution is 2.28. The van der Waals surface area contributed by atoms with E-state index in [1.54, 1.807) is 18.2 Å². The number of aldehydes is 1. The highest BCUT2D eigenvalue weighted by molar-refractivity contribution is 9.10. The molecule has 0 saturated heterocycles. The first-order chi connectivity index (χ1) is 10.1. The number of ether oxygens (including phenoxy) is 1. The minimum Gasteiger partial charge on any atom is -0.483 e. The average Bonchev–Trinajstić information content (AvgIpc) is 2.94. The molecule has 21 heavy (non-hydrogen) atoms. The first-order valence-corrected chi connectivity index (χ1v) is 7.48. The molecule has 1 aliphatic carbocycles. The van der Waals surface area contributed by atoms with E-state index in [0.717, 1.165) is 17.3 Å². The molecule has 1 fully saturated rings. The van der Waals surface area contributed by atoms with E-state index in [1.807, 2.05) is 0 Å². The number of hydrogen-bond acceptors (Lipinski definition) is 4. The molecule has 1 aromatic rings. The molecule has 1 aromatic carbocycles. The maximum Gasteiger partial charge on any atom is 0.259 e. The van der Waals surface area contributed by atoms with Crippen LogP contribution < -0.4 is 10.1 Å². The fourth-order valence-corrected chi connectivity index (χ4v) is 2.81. The van der Waals surface area contributed by atoms with Crippen molar-refractivity contribution >= 4 is 28.1 Å². The molecule has 2 rings (SSSR count). The average molecular weight is 351 g/mol. The van der Waals surface area contributed by atoms with Crippen LogP contribution >= 0.6 is 15.9 Å². The Labute approximate surface area is 131 Å². The van der Waals surface area contributed by atoms with Crippen molar-refractivity contribution in [2.45, 2.75) is 31.2 Å². The highest BCUT2D eigenvalue weighted by atomic mass is 79.9. The first kappa shape index (κ1) is 15.5. The van der Waals surface area contributed by atoms with Gasteiger partial charge in [-0.1, -0.05) is 15.9 Å². The zero-order valence-corrected chi connectivity index (χ0v) is 13.0. The quantitative estimate of drug-likeness (QED) is 0.827. The van der Waals surface area contributed by atoms with Crippen LogP contribution in [0.4, 0.5) is 0 Å². The molecule has 0 spiro atoms. The summed E-state index contributed by atoms with van der Waals surface area (Å²) in [5.74, 6) is -0.000928. The van der Waals surface area contributed by atoms with Crippen molar-refractivity contribution < 1.29 is 14.3 Å². The maximum absolute atomic E-state index is 11.9. The molecule has 1 aliphatic rings. The summed E-state index contributed by atoms with van der Waals surface area (Å²) in [7, 11) is 0. The largest absolute Gasteiger partial charge is 0.483 e. The van der Waals surface area contributed by atoms with Gasteiger partial charge in [-0.2, -0.15) is 5.26 Å². The molecule has 0 radical (unpaired) electrons. The number of benzene rings is 1. The van der Waals surface area contributed by atoms with Gasteiger partial charge in [-0.25, -0.2) is 0 Å². The van der Waals surface area contributed by atoms with Crippen LogP contribution in [-0.4, -0.2) is 24.3 Å². The van der Waals surface area contributed by atoms with Crippen LogP contribution in [0.5, 0.6) is 5.75 Å². The number of hydrogen-bond donors (Lipinski definition) is 1. The van der Waals surface area contributed by atoms with E-state index >= 15 is 0 Å². The summed E-state index contributed by atoms with van der Waals surface area (Å²) < 4.78 is 6.13. The third-order valence-corrected chi connectivity index (χ3v) is 4.00. The van der Waals surface area contributed by atoms with Crippen LogP contribution in [-0.2, 0) is 4.79 Å². The van der Waals surface area contributed by atoms with Crippen LogP contribution in [0.25, 0.3) is 0 Å². The lowest BCUT2D eigenvalue weighted by Crippen LogP contribution is -2.47. The molecule has 0 atom stereocenters. The predicted octanol–water partition coefficient (Wildman–Crippen LogP) is 2.59. The number of nitriles is 1. The normalized spacial score (nSPS) is 16.0. The second-order valence-corrected chi connectivity index (χ2v) is 5.95. The van der Waals surface area contributed by atoms with Crippen molar-refractivity contribution in [2.75, 3.05) is 6.61 Å². The van der Waals surface area contributed by atoms with Gasteiger partial charge in [0, 0.05) is 4.47 Å². The second kappa shape index (κ2) is 6.72. The van der Waals surface area contributed by atoms with E-state index in [4.69, 9.17) is 4.74 Å². The highest BCUT2D eigenvalue weighted by Gasteiger charge is 2.35. The van der Waals surface area contributed by atoms with Gasteiger partial charge in [0.05, 0.1) is 11.6 Å². The summed E-state index contributed by atoms with van der Waals surface area (Å²) in [6.45, 7) is -0.216. The van der Waals surface area contributed by atoms with Crippen molar-refractivity contribution in [2.24, 2.45) is 0 Å². The Kier molecular flexibility index (Phi) is 4.97.